The van der Waals surface area contributed by atoms with Crippen LogP contribution >= 0.6 is 7.37 Å². The van der Waals surface area contributed by atoms with Crippen LogP contribution in [0.25, 0.3) is 12.2 Å². The summed E-state index contributed by atoms with van der Waals surface area (Å²) in [6, 6.07) is 7.39. The molecule has 0 amide bonds. The number of aryl methyl sites for hydroxylation is 1. The summed E-state index contributed by atoms with van der Waals surface area (Å²) in [6.07, 6.45) is 6.54. The first-order chi connectivity index (χ1) is 11.9. The summed E-state index contributed by atoms with van der Waals surface area (Å²) >= 11 is 0. The van der Waals surface area contributed by atoms with Gasteiger partial charge in [0.25, 0.3) is 7.37 Å². The Morgan fingerprint density at radius 1 is 1.08 bits per heavy atom. The molecule has 0 radical (unpaired) electrons. The Hall–Kier alpha value is -2.29. The Morgan fingerprint density at radius 2 is 1.68 bits per heavy atom. The normalized spacial score (nSPS) is 12.6. The van der Waals surface area contributed by atoms with Crippen LogP contribution in [0.5, 0.6) is 0 Å². The summed E-state index contributed by atoms with van der Waals surface area (Å²) in [5.41, 5.74) is 2.61. The number of hydrogen-bond donors (Lipinski definition) is 0. The lowest BCUT2D eigenvalue weighted by atomic mass is 10.0. The second-order valence-corrected chi connectivity index (χ2v) is 7.83. The Bertz CT molecular complexity index is 785. The van der Waals surface area contributed by atoms with Crippen LogP contribution in [0, 0.1) is 6.92 Å². The number of hydrogen-bond acceptors (Lipinski definition) is 4. The molecule has 1 unspecified atom stereocenters. The van der Waals surface area contributed by atoms with Gasteiger partial charge in [-0.05, 0) is 49.6 Å². The number of aromatic nitrogens is 1. The molecule has 0 N–H and O–H groups in total. The van der Waals surface area contributed by atoms with Crippen molar-refractivity contribution in [2.75, 3.05) is 0 Å². The van der Waals surface area contributed by atoms with Crippen LogP contribution < -0.4 is 10.6 Å². The van der Waals surface area contributed by atoms with Crippen molar-refractivity contribution in [3.63, 3.8) is 0 Å². The van der Waals surface area contributed by atoms with Crippen LogP contribution in [0.3, 0.4) is 0 Å². The number of carbonyl (C=O) groups is 1. The first-order valence-electron chi connectivity index (χ1n) is 7.81. The smallest absolute Gasteiger partial charge is 0.262 e. The quantitative estimate of drug-likeness (QED) is 0.729. The van der Waals surface area contributed by atoms with E-state index in [4.69, 9.17) is 9.32 Å². The minimum atomic E-state index is -3.27. The molecule has 1 aromatic heterocycles. The largest absolute Gasteiger partial charge is 0.319 e. The number of nitrogens with zero attached hydrogens (tertiary/aromatic N) is 1. The highest BCUT2D eigenvalue weighted by Crippen LogP contribution is 2.48. The molecular weight excluding hydrogens is 333 g/mol. The third-order valence-corrected chi connectivity index (χ3v) is 6.41. The second kappa shape index (κ2) is 9.26. The van der Waals surface area contributed by atoms with E-state index in [1.54, 1.807) is 36.7 Å². The molecule has 1 atom stereocenters. The zero-order chi connectivity index (χ0) is 19.0. The summed E-state index contributed by atoms with van der Waals surface area (Å²) in [5, 5.41) is 1.32. The molecule has 0 aliphatic heterocycles. The van der Waals surface area contributed by atoms with Gasteiger partial charge in [-0.2, -0.15) is 0 Å². The summed E-state index contributed by atoms with van der Waals surface area (Å²) in [4.78, 5) is 12.0. The minimum Gasteiger partial charge on any atom is -0.319 e. The number of rotatable bonds is 6. The molecule has 0 aliphatic carbocycles. The molecule has 25 heavy (non-hydrogen) atoms. The van der Waals surface area contributed by atoms with Gasteiger partial charge in [0.15, 0.2) is 0 Å². The zero-order valence-corrected chi connectivity index (χ0v) is 15.8. The molecule has 5 heteroatoms. The Kier molecular flexibility index (Phi) is 7.69. The molecule has 0 fully saturated rings. The first-order valence-corrected chi connectivity index (χ1v) is 9.43. The topological polar surface area (TPSA) is 56.3 Å². The fourth-order valence-electron chi connectivity index (χ4n) is 2.60. The van der Waals surface area contributed by atoms with E-state index in [1.165, 1.54) is 0 Å². The molecule has 0 aliphatic rings. The summed E-state index contributed by atoms with van der Waals surface area (Å²) in [6.45, 7) is 15.4. The van der Waals surface area contributed by atoms with Gasteiger partial charge >= 0.3 is 0 Å². The van der Waals surface area contributed by atoms with Crippen molar-refractivity contribution < 1.29 is 13.9 Å². The van der Waals surface area contributed by atoms with Gasteiger partial charge in [-0.25, -0.2) is 0 Å². The van der Waals surface area contributed by atoms with E-state index in [0.717, 1.165) is 16.7 Å². The van der Waals surface area contributed by atoms with Crippen LogP contribution in [0.4, 0.5) is 0 Å². The van der Waals surface area contributed by atoms with Crippen molar-refractivity contribution in [2.24, 2.45) is 0 Å². The van der Waals surface area contributed by atoms with Crippen LogP contribution in [-0.2, 0) is 13.9 Å². The first kappa shape index (κ1) is 20.8. The van der Waals surface area contributed by atoms with Gasteiger partial charge in [-0.1, -0.05) is 37.4 Å². The minimum absolute atomic E-state index is 0.182. The van der Waals surface area contributed by atoms with Gasteiger partial charge in [0.2, 0.25) is 0 Å². The highest BCUT2D eigenvalue weighted by molar-refractivity contribution is 7.74. The van der Waals surface area contributed by atoms with Crippen LogP contribution in [-0.4, -0.2) is 17.9 Å². The lowest BCUT2D eigenvalue weighted by molar-refractivity contribution is -0.0979. The third kappa shape index (κ3) is 4.41. The van der Waals surface area contributed by atoms with Gasteiger partial charge in [0, 0.05) is 17.7 Å². The monoisotopic (exact) mass is 357 g/mol. The average molecular weight is 357 g/mol. The van der Waals surface area contributed by atoms with Crippen molar-refractivity contribution in [1.82, 2.24) is 4.98 Å². The van der Waals surface area contributed by atoms with Gasteiger partial charge in [-0.15, -0.1) is 0 Å². The number of benzene rings is 1. The van der Waals surface area contributed by atoms with Crippen LogP contribution in [0.1, 0.15) is 30.5 Å². The molecule has 2 aromatic rings. The van der Waals surface area contributed by atoms with E-state index in [-0.39, 0.29) is 6.10 Å². The fraction of sp³-hybridized carbons (Fsp3) is 0.200. The number of pyridine rings is 1. The molecule has 132 valence electrons. The molecular formula is C20H24NO3P. The van der Waals surface area contributed by atoms with E-state index in [9.17, 15) is 4.57 Å². The SMILES string of the molecule is C=Cc1ccc(C)c(P(=O)(OC(C)C)c2ccncc2)c1C=C.C=O. The van der Waals surface area contributed by atoms with Crippen LogP contribution in [0.15, 0.2) is 49.8 Å². The molecule has 0 bridgehead atoms. The Balaban J connectivity index is 0.00000151. The second-order valence-electron chi connectivity index (χ2n) is 5.55. The third-order valence-electron chi connectivity index (χ3n) is 3.53. The average Bonchev–Trinajstić information content (AvgIpc) is 2.63. The summed E-state index contributed by atoms with van der Waals surface area (Å²) in [7, 11) is -3.27. The Morgan fingerprint density at radius 3 is 2.16 bits per heavy atom. The molecule has 4 nitrogen and oxygen atoms in total. The van der Waals surface area contributed by atoms with E-state index in [0.29, 0.717) is 10.6 Å². The maximum absolute atomic E-state index is 14.0. The van der Waals surface area contributed by atoms with E-state index in [1.807, 2.05) is 39.7 Å². The highest BCUT2D eigenvalue weighted by atomic mass is 31.2. The van der Waals surface area contributed by atoms with E-state index >= 15 is 0 Å². The van der Waals surface area contributed by atoms with Crippen LogP contribution in [0.2, 0.25) is 0 Å². The van der Waals surface area contributed by atoms with Gasteiger partial charge in [0.1, 0.15) is 6.79 Å². The van der Waals surface area contributed by atoms with Gasteiger partial charge < -0.3 is 9.32 Å². The van der Waals surface area contributed by atoms with Gasteiger partial charge in [0.05, 0.1) is 11.4 Å². The highest BCUT2D eigenvalue weighted by Gasteiger charge is 2.34. The predicted octanol–water partition coefficient (Wildman–Crippen LogP) is 4.15. The lowest BCUT2D eigenvalue weighted by Crippen LogP contribution is -2.25. The maximum atomic E-state index is 14.0. The maximum Gasteiger partial charge on any atom is 0.262 e. The molecule has 0 spiro atoms. The number of carbonyl (C=O) groups excluding carboxylic acids is 1. The van der Waals surface area contributed by atoms with E-state index in [2.05, 4.69) is 18.1 Å². The molecule has 0 saturated heterocycles. The molecule has 2 rings (SSSR count). The molecule has 1 aromatic carbocycles. The van der Waals surface area contributed by atoms with Crippen molar-refractivity contribution >= 4 is 36.9 Å². The van der Waals surface area contributed by atoms with Crippen molar-refractivity contribution in [2.45, 2.75) is 26.9 Å². The fourth-order valence-corrected chi connectivity index (χ4v) is 5.28. The summed E-state index contributed by atoms with van der Waals surface area (Å²) in [5.74, 6) is 0. The lowest BCUT2D eigenvalue weighted by Gasteiger charge is -2.25. The summed E-state index contributed by atoms with van der Waals surface area (Å²) < 4.78 is 19.9. The van der Waals surface area contributed by atoms with E-state index < -0.39 is 7.37 Å². The van der Waals surface area contributed by atoms with Crippen molar-refractivity contribution in [3.8, 4) is 0 Å². The molecule has 0 saturated carbocycles. The predicted molar refractivity (Wildman–Crippen MR) is 106 cm³/mol. The van der Waals surface area contributed by atoms with Gasteiger partial charge in [-0.3, -0.25) is 9.55 Å². The zero-order valence-electron chi connectivity index (χ0n) is 14.9. The van der Waals surface area contributed by atoms with Crippen molar-refractivity contribution in [3.05, 3.63) is 66.5 Å². The Labute approximate surface area is 149 Å². The van der Waals surface area contributed by atoms with Crippen molar-refractivity contribution in [1.29, 1.82) is 0 Å². The standard InChI is InChI=1S/C19H22NO2P.CH2O/c1-6-16-9-8-15(5)19(18(16)7-2)23(21,22-14(3)4)17-10-12-20-13-11-17;1-2/h6-14H,1-2H2,3-5H3;1H2. The molecule has 1 heterocycles.